The molecule has 1 aliphatic heterocycles. The van der Waals surface area contributed by atoms with E-state index in [-0.39, 0.29) is 11.9 Å². The summed E-state index contributed by atoms with van der Waals surface area (Å²) in [7, 11) is 1.39. The summed E-state index contributed by atoms with van der Waals surface area (Å²) in [5.74, 6) is -0.154. The third-order valence-electron chi connectivity index (χ3n) is 4.38. The van der Waals surface area contributed by atoms with Crippen LogP contribution in [-0.2, 0) is 20.9 Å². The van der Waals surface area contributed by atoms with Crippen LogP contribution in [0.4, 0.5) is 5.69 Å². The van der Waals surface area contributed by atoms with E-state index in [1.165, 1.54) is 7.11 Å². The summed E-state index contributed by atoms with van der Waals surface area (Å²) in [6.07, 6.45) is 1.51. The fraction of sp³-hybridized carbons (Fsp3) is 0.300. The molecule has 1 saturated heterocycles. The monoisotopic (exact) mass is 338 g/mol. The van der Waals surface area contributed by atoms with Gasteiger partial charge in [0.15, 0.2) is 0 Å². The van der Waals surface area contributed by atoms with Crippen molar-refractivity contribution in [3.05, 3.63) is 65.7 Å². The Morgan fingerprint density at radius 3 is 2.68 bits per heavy atom. The predicted octanol–water partition coefficient (Wildman–Crippen LogP) is 2.82. The summed E-state index contributed by atoms with van der Waals surface area (Å²) in [6.45, 7) is 1.27. The van der Waals surface area contributed by atoms with Crippen LogP contribution in [0.3, 0.4) is 0 Å². The van der Waals surface area contributed by atoms with Gasteiger partial charge in [0, 0.05) is 25.2 Å². The molecule has 2 aromatic rings. The lowest BCUT2D eigenvalue weighted by Gasteiger charge is -2.19. The number of carbonyl (C=O) groups excluding carboxylic acids is 2. The Kier molecular flexibility index (Phi) is 5.46. The van der Waals surface area contributed by atoms with Crippen molar-refractivity contribution >= 4 is 17.6 Å². The minimum atomic E-state index is -0.525. The number of rotatable bonds is 6. The third kappa shape index (κ3) is 4.06. The van der Waals surface area contributed by atoms with Gasteiger partial charge in [-0.25, -0.2) is 4.79 Å². The maximum absolute atomic E-state index is 12.1. The first-order valence-electron chi connectivity index (χ1n) is 8.44. The molecule has 0 radical (unpaired) electrons. The minimum absolute atomic E-state index is 0.168. The molecule has 0 spiro atoms. The summed E-state index contributed by atoms with van der Waals surface area (Å²) >= 11 is 0. The van der Waals surface area contributed by atoms with Gasteiger partial charge in [-0.3, -0.25) is 10.1 Å². The SMILES string of the molecule is COC(=O)[C@@H](NCc1cccc(N2CCCC2=O)c1)c1ccccc1. The van der Waals surface area contributed by atoms with E-state index in [0.29, 0.717) is 13.0 Å². The van der Waals surface area contributed by atoms with Crippen molar-refractivity contribution in [1.29, 1.82) is 0 Å². The number of hydrogen-bond donors (Lipinski definition) is 1. The van der Waals surface area contributed by atoms with Crippen LogP contribution in [0.5, 0.6) is 0 Å². The average Bonchev–Trinajstić information content (AvgIpc) is 3.09. The standard InChI is InChI=1S/C20H22N2O3/c1-25-20(24)19(16-8-3-2-4-9-16)21-14-15-7-5-10-17(13-15)22-12-6-11-18(22)23/h2-5,7-10,13,19,21H,6,11-12,14H2,1H3/t19-/m0/s1. The van der Waals surface area contributed by atoms with Gasteiger partial charge in [-0.15, -0.1) is 0 Å². The summed E-state index contributed by atoms with van der Waals surface area (Å²) in [5.41, 5.74) is 2.79. The smallest absolute Gasteiger partial charge is 0.327 e. The molecule has 1 fully saturated rings. The van der Waals surface area contributed by atoms with Crippen LogP contribution in [0.2, 0.25) is 0 Å². The van der Waals surface area contributed by atoms with Gasteiger partial charge >= 0.3 is 5.97 Å². The number of nitrogens with one attached hydrogen (secondary N) is 1. The molecule has 25 heavy (non-hydrogen) atoms. The van der Waals surface area contributed by atoms with E-state index in [4.69, 9.17) is 4.74 Å². The second-order valence-corrected chi connectivity index (χ2v) is 6.07. The molecule has 0 unspecified atom stereocenters. The van der Waals surface area contributed by atoms with Gasteiger partial charge in [-0.1, -0.05) is 42.5 Å². The van der Waals surface area contributed by atoms with Crippen LogP contribution >= 0.6 is 0 Å². The lowest BCUT2D eigenvalue weighted by atomic mass is 10.1. The molecule has 1 N–H and O–H groups in total. The van der Waals surface area contributed by atoms with Crippen LogP contribution in [0, 0.1) is 0 Å². The van der Waals surface area contributed by atoms with Crippen LogP contribution in [0.1, 0.15) is 30.0 Å². The molecule has 0 aliphatic carbocycles. The quantitative estimate of drug-likeness (QED) is 0.823. The molecule has 1 aliphatic rings. The fourth-order valence-corrected chi connectivity index (χ4v) is 3.08. The van der Waals surface area contributed by atoms with Crippen LogP contribution in [0.15, 0.2) is 54.6 Å². The molecule has 0 aromatic heterocycles. The molecular weight excluding hydrogens is 316 g/mol. The Hall–Kier alpha value is -2.66. The van der Waals surface area contributed by atoms with Crippen molar-refractivity contribution in [3.63, 3.8) is 0 Å². The first kappa shape index (κ1) is 17.2. The lowest BCUT2D eigenvalue weighted by Crippen LogP contribution is -2.29. The number of benzene rings is 2. The van der Waals surface area contributed by atoms with Crippen molar-refractivity contribution in [2.24, 2.45) is 0 Å². The van der Waals surface area contributed by atoms with Gasteiger partial charge in [0.1, 0.15) is 6.04 Å². The molecule has 5 nitrogen and oxygen atoms in total. The number of amides is 1. The summed E-state index contributed by atoms with van der Waals surface area (Å²) in [6, 6.07) is 16.8. The largest absolute Gasteiger partial charge is 0.468 e. The first-order chi connectivity index (χ1) is 12.2. The number of ether oxygens (including phenoxy) is 1. The second-order valence-electron chi connectivity index (χ2n) is 6.07. The van der Waals surface area contributed by atoms with Crippen molar-refractivity contribution in [1.82, 2.24) is 5.32 Å². The van der Waals surface area contributed by atoms with Gasteiger partial charge in [0.2, 0.25) is 5.91 Å². The Morgan fingerprint density at radius 2 is 2.00 bits per heavy atom. The molecule has 1 heterocycles. The molecule has 5 heteroatoms. The van der Waals surface area contributed by atoms with Crippen LogP contribution in [-0.4, -0.2) is 25.5 Å². The van der Waals surface area contributed by atoms with E-state index in [9.17, 15) is 9.59 Å². The normalized spacial score (nSPS) is 15.2. The van der Waals surface area contributed by atoms with E-state index >= 15 is 0 Å². The van der Waals surface area contributed by atoms with Gasteiger partial charge < -0.3 is 9.64 Å². The van der Waals surface area contributed by atoms with Crippen LogP contribution in [0.25, 0.3) is 0 Å². The Morgan fingerprint density at radius 1 is 1.20 bits per heavy atom. The zero-order valence-corrected chi connectivity index (χ0v) is 14.3. The Bertz CT molecular complexity index is 746. The number of anilines is 1. The van der Waals surface area contributed by atoms with E-state index in [1.54, 1.807) is 0 Å². The zero-order chi connectivity index (χ0) is 17.6. The number of nitrogens with zero attached hydrogens (tertiary/aromatic N) is 1. The Labute approximate surface area is 147 Å². The molecule has 130 valence electrons. The highest BCUT2D eigenvalue weighted by molar-refractivity contribution is 5.95. The van der Waals surface area contributed by atoms with Gasteiger partial charge in [0.05, 0.1) is 7.11 Å². The third-order valence-corrected chi connectivity index (χ3v) is 4.38. The maximum atomic E-state index is 12.1. The second kappa shape index (κ2) is 7.94. The molecule has 1 atom stereocenters. The van der Waals surface area contributed by atoms with E-state index < -0.39 is 6.04 Å². The molecule has 0 bridgehead atoms. The number of hydrogen-bond acceptors (Lipinski definition) is 4. The average molecular weight is 338 g/mol. The first-order valence-corrected chi connectivity index (χ1v) is 8.44. The van der Waals surface area contributed by atoms with Gasteiger partial charge in [-0.2, -0.15) is 0 Å². The van der Waals surface area contributed by atoms with Crippen molar-refractivity contribution < 1.29 is 14.3 Å². The van der Waals surface area contributed by atoms with E-state index in [2.05, 4.69) is 5.32 Å². The highest BCUT2D eigenvalue weighted by Crippen LogP contribution is 2.23. The number of methoxy groups -OCH3 is 1. The summed E-state index contributed by atoms with van der Waals surface area (Å²) in [4.78, 5) is 25.8. The van der Waals surface area contributed by atoms with E-state index in [0.717, 1.165) is 29.8 Å². The lowest BCUT2D eigenvalue weighted by molar-refractivity contribution is -0.143. The number of carbonyl (C=O) groups is 2. The minimum Gasteiger partial charge on any atom is -0.468 e. The van der Waals surface area contributed by atoms with Gasteiger partial charge in [0.25, 0.3) is 0 Å². The summed E-state index contributed by atoms with van der Waals surface area (Å²) in [5, 5.41) is 3.25. The predicted molar refractivity (Wildman–Crippen MR) is 96.1 cm³/mol. The van der Waals surface area contributed by atoms with Gasteiger partial charge in [-0.05, 0) is 29.7 Å². The fourth-order valence-electron chi connectivity index (χ4n) is 3.08. The highest BCUT2D eigenvalue weighted by atomic mass is 16.5. The topological polar surface area (TPSA) is 58.6 Å². The molecular formula is C20H22N2O3. The molecule has 3 rings (SSSR count). The Balaban J connectivity index is 1.73. The summed E-state index contributed by atoms with van der Waals surface area (Å²) < 4.78 is 4.92. The molecule has 1 amide bonds. The van der Waals surface area contributed by atoms with Crippen molar-refractivity contribution in [2.75, 3.05) is 18.6 Å². The van der Waals surface area contributed by atoms with Crippen LogP contribution < -0.4 is 10.2 Å². The molecule has 2 aromatic carbocycles. The van der Waals surface area contributed by atoms with Crippen molar-refractivity contribution in [3.8, 4) is 0 Å². The zero-order valence-electron chi connectivity index (χ0n) is 14.3. The van der Waals surface area contributed by atoms with E-state index in [1.807, 2.05) is 59.5 Å². The molecule has 0 saturated carbocycles. The van der Waals surface area contributed by atoms with Crippen molar-refractivity contribution in [2.45, 2.75) is 25.4 Å². The maximum Gasteiger partial charge on any atom is 0.327 e. The number of esters is 1. The highest BCUT2D eigenvalue weighted by Gasteiger charge is 2.23.